The predicted molar refractivity (Wildman–Crippen MR) is 43.4 cm³/mol. The smallest absolute Gasteiger partial charge is 0.0712 e. The number of nitrogens with zero attached hydrogens (tertiary/aromatic N) is 1. The maximum absolute atomic E-state index is 2.26. The molecule has 1 atom stereocenters. The molecule has 0 aromatic carbocycles. The van der Waals surface area contributed by atoms with Crippen molar-refractivity contribution in [3.05, 3.63) is 11.5 Å². The second-order valence-electron chi connectivity index (χ2n) is 2.76. The number of hydrogen-bond acceptors (Lipinski definition) is 2. The highest BCUT2D eigenvalue weighted by molar-refractivity contribution is 8.03. The third kappa shape index (κ3) is 1.30. The zero-order chi connectivity index (χ0) is 6.91. The van der Waals surface area contributed by atoms with E-state index in [0.717, 1.165) is 0 Å². The van der Waals surface area contributed by atoms with Gasteiger partial charge < -0.3 is 0 Å². The molecule has 9 heavy (non-hydrogen) atoms. The molecule has 1 aliphatic rings. The lowest BCUT2D eigenvalue weighted by molar-refractivity contribution is 0.283. The molecule has 1 heterocycles. The summed E-state index contributed by atoms with van der Waals surface area (Å²) in [4.78, 5) is 2.59. The molecule has 0 aliphatic carbocycles. The highest BCUT2D eigenvalue weighted by Gasteiger charge is 2.27. The Bertz CT molecular complexity index is 121. The summed E-state index contributed by atoms with van der Waals surface area (Å²) in [5, 5.41) is 2.18. The van der Waals surface area contributed by atoms with E-state index < -0.39 is 0 Å². The molecule has 0 radical (unpaired) electrons. The fourth-order valence-corrected chi connectivity index (χ4v) is 1.69. The van der Waals surface area contributed by atoms with E-state index in [1.807, 2.05) is 11.8 Å². The normalized spacial score (nSPS) is 34.2. The average molecular weight is 143 g/mol. The monoisotopic (exact) mass is 143 g/mol. The Morgan fingerprint density at radius 3 is 2.44 bits per heavy atom. The molecule has 0 aromatic rings. The van der Waals surface area contributed by atoms with Gasteiger partial charge in [-0.2, -0.15) is 0 Å². The maximum atomic E-state index is 2.26. The van der Waals surface area contributed by atoms with Crippen LogP contribution in [0, 0.1) is 0 Å². The topological polar surface area (TPSA) is 3.24 Å². The predicted octanol–water partition coefficient (Wildman–Crippen LogP) is 1.91. The summed E-state index contributed by atoms with van der Waals surface area (Å²) in [5.74, 6) is 0. The summed E-state index contributed by atoms with van der Waals surface area (Å²) in [5.41, 5.74) is 0. The lowest BCUT2D eigenvalue weighted by Gasteiger charge is -2.30. The summed E-state index contributed by atoms with van der Waals surface area (Å²) in [6.45, 7) is 2.26. The molecular formula is C7H13NS. The molecule has 0 amide bonds. The second-order valence-corrected chi connectivity index (χ2v) is 4.15. The van der Waals surface area contributed by atoms with Gasteiger partial charge in [-0.3, -0.25) is 4.90 Å². The van der Waals surface area contributed by atoms with E-state index in [9.17, 15) is 0 Å². The van der Waals surface area contributed by atoms with E-state index in [0.29, 0.717) is 4.87 Å². The minimum Gasteiger partial charge on any atom is -0.295 e. The van der Waals surface area contributed by atoms with Gasteiger partial charge >= 0.3 is 0 Å². The first-order valence-corrected chi connectivity index (χ1v) is 4.03. The van der Waals surface area contributed by atoms with E-state index >= 15 is 0 Å². The van der Waals surface area contributed by atoms with Crippen LogP contribution in [0.5, 0.6) is 0 Å². The van der Waals surface area contributed by atoms with E-state index in [1.165, 1.54) is 6.42 Å². The molecule has 0 aromatic heterocycles. The van der Waals surface area contributed by atoms with Crippen molar-refractivity contribution in [2.45, 2.75) is 18.2 Å². The molecule has 0 N–H and O–H groups in total. The van der Waals surface area contributed by atoms with Gasteiger partial charge in [-0.05, 0) is 32.8 Å². The molecule has 1 nitrogen and oxygen atoms in total. The first-order valence-electron chi connectivity index (χ1n) is 3.15. The summed E-state index contributed by atoms with van der Waals surface area (Å²) >= 11 is 1.90. The average Bonchev–Trinajstić information content (AvgIpc) is 2.16. The number of thioether (sulfide) groups is 1. The van der Waals surface area contributed by atoms with E-state index in [1.54, 1.807) is 0 Å². The molecule has 0 spiro atoms. The second kappa shape index (κ2) is 2.35. The maximum Gasteiger partial charge on any atom is 0.0712 e. The Labute approximate surface area is 61.1 Å². The van der Waals surface area contributed by atoms with E-state index in [-0.39, 0.29) is 0 Å². The van der Waals surface area contributed by atoms with Crippen LogP contribution in [0.3, 0.4) is 0 Å². The molecule has 1 aliphatic heterocycles. The third-order valence-corrected chi connectivity index (χ3v) is 3.23. The van der Waals surface area contributed by atoms with Crippen molar-refractivity contribution in [3.63, 3.8) is 0 Å². The van der Waals surface area contributed by atoms with Crippen LogP contribution in [0.4, 0.5) is 0 Å². The Morgan fingerprint density at radius 1 is 1.56 bits per heavy atom. The van der Waals surface area contributed by atoms with Crippen LogP contribution in [0.25, 0.3) is 0 Å². The fraction of sp³-hybridized carbons (Fsp3) is 0.714. The van der Waals surface area contributed by atoms with Crippen LogP contribution in [0.15, 0.2) is 11.5 Å². The summed E-state index contributed by atoms with van der Waals surface area (Å²) in [6, 6.07) is 0. The highest BCUT2D eigenvalue weighted by Crippen LogP contribution is 2.37. The Kier molecular flexibility index (Phi) is 1.87. The molecule has 1 unspecified atom stereocenters. The van der Waals surface area contributed by atoms with Crippen molar-refractivity contribution >= 4 is 11.8 Å². The molecule has 0 saturated carbocycles. The molecule has 0 saturated heterocycles. The molecule has 1 rings (SSSR count). The van der Waals surface area contributed by atoms with Gasteiger partial charge in [0.15, 0.2) is 0 Å². The minimum absolute atomic E-state index is 0.333. The largest absolute Gasteiger partial charge is 0.295 e. The molecule has 52 valence electrons. The molecule has 0 fully saturated rings. The number of hydrogen-bond donors (Lipinski definition) is 0. The molecule has 0 bridgehead atoms. The van der Waals surface area contributed by atoms with Gasteiger partial charge in [0.05, 0.1) is 4.87 Å². The quantitative estimate of drug-likeness (QED) is 0.551. The Balaban J connectivity index is 2.55. The SMILES string of the molecule is CN(C)C1(C)CC=CS1. The van der Waals surface area contributed by atoms with Gasteiger partial charge in [0.1, 0.15) is 0 Å². The number of rotatable bonds is 1. The van der Waals surface area contributed by atoms with Crippen molar-refractivity contribution < 1.29 is 0 Å². The summed E-state index contributed by atoms with van der Waals surface area (Å²) in [6.07, 6.45) is 3.40. The lowest BCUT2D eigenvalue weighted by atomic mass is 10.2. The van der Waals surface area contributed by atoms with E-state index in [2.05, 4.69) is 37.4 Å². The van der Waals surface area contributed by atoms with Crippen LogP contribution < -0.4 is 0 Å². The first-order chi connectivity index (χ1) is 4.15. The van der Waals surface area contributed by atoms with Gasteiger partial charge in [0.25, 0.3) is 0 Å². The minimum atomic E-state index is 0.333. The molecule has 2 heteroatoms. The summed E-state index contributed by atoms with van der Waals surface area (Å²) in [7, 11) is 4.25. The zero-order valence-corrected chi connectivity index (χ0v) is 7.03. The standard InChI is InChI=1S/C7H13NS/c1-7(8(2)3)5-4-6-9-7/h4,6H,5H2,1-3H3. The lowest BCUT2D eigenvalue weighted by Crippen LogP contribution is -2.35. The van der Waals surface area contributed by atoms with Crippen LogP contribution in [0.1, 0.15) is 13.3 Å². The van der Waals surface area contributed by atoms with Crippen LogP contribution in [0.2, 0.25) is 0 Å². The van der Waals surface area contributed by atoms with Crippen molar-refractivity contribution in [2.24, 2.45) is 0 Å². The van der Waals surface area contributed by atoms with Crippen molar-refractivity contribution in [1.82, 2.24) is 4.90 Å². The van der Waals surface area contributed by atoms with Crippen molar-refractivity contribution in [3.8, 4) is 0 Å². The zero-order valence-electron chi connectivity index (χ0n) is 6.22. The van der Waals surface area contributed by atoms with Crippen LogP contribution in [-0.2, 0) is 0 Å². The molecular weight excluding hydrogens is 130 g/mol. The fourth-order valence-electron chi connectivity index (χ4n) is 0.798. The van der Waals surface area contributed by atoms with E-state index in [4.69, 9.17) is 0 Å². The Hall–Kier alpha value is 0.0500. The van der Waals surface area contributed by atoms with Crippen molar-refractivity contribution in [1.29, 1.82) is 0 Å². The Morgan fingerprint density at radius 2 is 2.22 bits per heavy atom. The first kappa shape index (κ1) is 7.16. The van der Waals surface area contributed by atoms with Crippen LogP contribution in [-0.4, -0.2) is 23.9 Å². The van der Waals surface area contributed by atoms with Gasteiger partial charge in [0.2, 0.25) is 0 Å². The third-order valence-electron chi connectivity index (χ3n) is 1.86. The van der Waals surface area contributed by atoms with Crippen LogP contribution >= 0.6 is 11.8 Å². The van der Waals surface area contributed by atoms with Gasteiger partial charge in [-0.25, -0.2) is 0 Å². The van der Waals surface area contributed by atoms with Crippen molar-refractivity contribution in [2.75, 3.05) is 14.1 Å². The highest BCUT2D eigenvalue weighted by atomic mass is 32.2. The van der Waals surface area contributed by atoms with Gasteiger partial charge in [0, 0.05) is 0 Å². The summed E-state index contributed by atoms with van der Waals surface area (Å²) < 4.78 is 0. The van der Waals surface area contributed by atoms with Gasteiger partial charge in [-0.1, -0.05) is 6.08 Å². The van der Waals surface area contributed by atoms with Gasteiger partial charge in [-0.15, -0.1) is 11.8 Å².